The normalized spacial score (nSPS) is 17.4. The molecule has 1 saturated carbocycles. The van der Waals surface area contributed by atoms with Gasteiger partial charge in [-0.2, -0.15) is 0 Å². The Morgan fingerprint density at radius 1 is 1.59 bits per heavy atom. The fraction of sp³-hybridized carbons (Fsp3) is 0.600. The van der Waals surface area contributed by atoms with Crippen molar-refractivity contribution in [2.45, 2.75) is 38.3 Å². The van der Waals surface area contributed by atoms with Gasteiger partial charge in [-0.15, -0.1) is 36.2 Å². The van der Waals surface area contributed by atoms with E-state index < -0.39 is 5.54 Å². The number of halogens is 2. The first kappa shape index (κ1) is 16.6. The minimum absolute atomic E-state index is 0. The number of carbonyl (C=O) groups is 1. The Balaban J connectivity index is 0.00000128. The zero-order valence-corrected chi connectivity index (χ0v) is 12.2. The lowest BCUT2D eigenvalue weighted by Gasteiger charge is -2.14. The van der Waals surface area contributed by atoms with Crippen LogP contribution in [-0.4, -0.2) is 16.4 Å². The molecule has 1 aliphatic carbocycles. The van der Waals surface area contributed by atoms with Gasteiger partial charge in [0, 0.05) is 11.1 Å². The monoisotopic (exact) mass is 297 g/mol. The molecule has 1 aliphatic rings. The van der Waals surface area contributed by atoms with Crippen LogP contribution in [0.1, 0.15) is 36.5 Å². The third-order valence-corrected chi connectivity index (χ3v) is 3.74. The van der Waals surface area contributed by atoms with Gasteiger partial charge in [-0.05, 0) is 26.7 Å². The molecule has 1 fully saturated rings. The van der Waals surface area contributed by atoms with Crippen molar-refractivity contribution in [3.8, 4) is 0 Å². The summed E-state index contributed by atoms with van der Waals surface area (Å²) >= 11 is 1.56. The molecule has 0 aromatic carbocycles. The zero-order valence-electron chi connectivity index (χ0n) is 9.73. The molecule has 1 atom stereocenters. The van der Waals surface area contributed by atoms with Crippen LogP contribution in [0, 0.1) is 6.92 Å². The number of aromatic nitrogens is 1. The Morgan fingerprint density at radius 3 is 2.59 bits per heavy atom. The molecule has 98 valence electrons. The highest BCUT2D eigenvalue weighted by Crippen LogP contribution is 2.33. The maximum absolute atomic E-state index is 11.7. The van der Waals surface area contributed by atoms with E-state index in [4.69, 9.17) is 5.73 Å². The fourth-order valence-corrected chi connectivity index (χ4v) is 2.14. The molecule has 7 heteroatoms. The van der Waals surface area contributed by atoms with Gasteiger partial charge in [0.2, 0.25) is 5.91 Å². The van der Waals surface area contributed by atoms with Crippen LogP contribution in [0.5, 0.6) is 0 Å². The minimum atomic E-state index is -0.597. The Morgan fingerprint density at radius 2 is 2.18 bits per heavy atom. The number of aryl methyl sites for hydroxylation is 1. The van der Waals surface area contributed by atoms with E-state index in [0.29, 0.717) is 0 Å². The standard InChI is InChI=1S/C10H15N3OS.2ClH/c1-6-5-15-8(12-6)7(2)13-9(14)10(11)3-4-10;;/h5,7H,3-4,11H2,1-2H3,(H,13,14);2*1H. The summed E-state index contributed by atoms with van der Waals surface area (Å²) in [6, 6.07) is -0.0442. The molecule has 0 aliphatic heterocycles. The zero-order chi connectivity index (χ0) is 11.1. The Kier molecular flexibility index (Phi) is 5.87. The third kappa shape index (κ3) is 3.81. The van der Waals surface area contributed by atoms with Crippen LogP contribution < -0.4 is 11.1 Å². The Hall–Kier alpha value is -0.360. The molecule has 0 radical (unpaired) electrons. The van der Waals surface area contributed by atoms with Gasteiger partial charge in [0.15, 0.2) is 0 Å². The van der Waals surface area contributed by atoms with E-state index in [9.17, 15) is 4.79 Å². The largest absolute Gasteiger partial charge is 0.346 e. The van der Waals surface area contributed by atoms with E-state index in [0.717, 1.165) is 23.5 Å². The number of carbonyl (C=O) groups excluding carboxylic acids is 1. The average molecular weight is 298 g/mol. The summed E-state index contributed by atoms with van der Waals surface area (Å²) in [5.41, 5.74) is 6.19. The number of nitrogens with one attached hydrogen (secondary N) is 1. The molecule has 2 rings (SSSR count). The second kappa shape index (κ2) is 6.00. The van der Waals surface area contributed by atoms with Crippen molar-refractivity contribution < 1.29 is 4.79 Å². The Labute approximate surface area is 117 Å². The predicted octanol–water partition coefficient (Wildman–Crippen LogP) is 1.96. The van der Waals surface area contributed by atoms with Crippen molar-refractivity contribution in [2.24, 2.45) is 5.73 Å². The van der Waals surface area contributed by atoms with Crippen molar-refractivity contribution in [3.05, 3.63) is 16.1 Å². The maximum atomic E-state index is 11.7. The number of thiazole rings is 1. The highest BCUT2D eigenvalue weighted by atomic mass is 35.5. The number of rotatable bonds is 3. The van der Waals surface area contributed by atoms with Crippen LogP contribution in [0.15, 0.2) is 5.38 Å². The fourth-order valence-electron chi connectivity index (χ4n) is 1.33. The van der Waals surface area contributed by atoms with Crippen LogP contribution in [0.25, 0.3) is 0 Å². The van der Waals surface area contributed by atoms with Gasteiger partial charge in [-0.1, -0.05) is 0 Å². The molecule has 1 aromatic heterocycles. The van der Waals surface area contributed by atoms with Crippen LogP contribution in [-0.2, 0) is 4.79 Å². The molecule has 3 N–H and O–H groups in total. The van der Waals surface area contributed by atoms with Gasteiger partial charge >= 0.3 is 0 Å². The summed E-state index contributed by atoms with van der Waals surface area (Å²) in [6.45, 7) is 3.88. The minimum Gasteiger partial charge on any atom is -0.346 e. The molecule has 1 aromatic rings. The van der Waals surface area contributed by atoms with Gasteiger partial charge in [0.05, 0.1) is 11.6 Å². The van der Waals surface area contributed by atoms with E-state index in [1.807, 2.05) is 19.2 Å². The lowest BCUT2D eigenvalue weighted by atomic mass is 10.2. The van der Waals surface area contributed by atoms with Crippen molar-refractivity contribution in [3.63, 3.8) is 0 Å². The summed E-state index contributed by atoms with van der Waals surface area (Å²) in [4.78, 5) is 16.0. The van der Waals surface area contributed by atoms with Gasteiger partial charge < -0.3 is 11.1 Å². The molecule has 0 saturated heterocycles. The summed E-state index contributed by atoms with van der Waals surface area (Å²) in [7, 11) is 0. The number of hydrogen-bond acceptors (Lipinski definition) is 4. The molecule has 1 heterocycles. The third-order valence-electron chi connectivity index (χ3n) is 2.60. The van der Waals surface area contributed by atoms with Gasteiger partial charge in [0.25, 0.3) is 0 Å². The molecular weight excluding hydrogens is 281 g/mol. The van der Waals surface area contributed by atoms with Crippen molar-refractivity contribution in [1.82, 2.24) is 10.3 Å². The smallest absolute Gasteiger partial charge is 0.240 e. The van der Waals surface area contributed by atoms with E-state index in [2.05, 4.69) is 10.3 Å². The lowest BCUT2D eigenvalue weighted by Crippen LogP contribution is -2.43. The van der Waals surface area contributed by atoms with E-state index in [-0.39, 0.29) is 36.8 Å². The van der Waals surface area contributed by atoms with Crippen molar-refractivity contribution >= 4 is 42.1 Å². The highest BCUT2D eigenvalue weighted by molar-refractivity contribution is 7.09. The first-order chi connectivity index (χ1) is 7.01. The summed E-state index contributed by atoms with van der Waals surface area (Å²) in [5.74, 6) is -0.0529. The first-order valence-corrected chi connectivity index (χ1v) is 5.91. The second-order valence-electron chi connectivity index (χ2n) is 4.18. The van der Waals surface area contributed by atoms with Crippen LogP contribution in [0.4, 0.5) is 0 Å². The highest BCUT2D eigenvalue weighted by Gasteiger charge is 2.46. The summed E-state index contributed by atoms with van der Waals surface area (Å²) in [5, 5.41) is 5.81. The lowest BCUT2D eigenvalue weighted by molar-refractivity contribution is -0.123. The maximum Gasteiger partial charge on any atom is 0.240 e. The molecule has 1 amide bonds. The Bertz CT molecular complexity index is 393. The quantitative estimate of drug-likeness (QED) is 0.896. The van der Waals surface area contributed by atoms with Crippen molar-refractivity contribution in [1.29, 1.82) is 0 Å². The molecule has 1 unspecified atom stereocenters. The predicted molar refractivity (Wildman–Crippen MR) is 74.1 cm³/mol. The molecule has 0 bridgehead atoms. The molecular formula is C10H17Cl2N3OS. The molecule has 0 spiro atoms. The SMILES string of the molecule is Cc1csc(C(C)NC(=O)C2(N)CC2)n1.Cl.Cl. The number of nitrogens with zero attached hydrogens (tertiary/aromatic N) is 1. The number of amides is 1. The summed E-state index contributed by atoms with van der Waals surface area (Å²) in [6.07, 6.45) is 1.59. The topological polar surface area (TPSA) is 68.0 Å². The van der Waals surface area contributed by atoms with Crippen molar-refractivity contribution in [2.75, 3.05) is 0 Å². The van der Waals surface area contributed by atoms with Crippen LogP contribution in [0.3, 0.4) is 0 Å². The van der Waals surface area contributed by atoms with Gasteiger partial charge in [-0.3, -0.25) is 4.79 Å². The van der Waals surface area contributed by atoms with Crippen LogP contribution >= 0.6 is 36.2 Å². The van der Waals surface area contributed by atoms with E-state index in [1.165, 1.54) is 0 Å². The van der Waals surface area contributed by atoms with Gasteiger partial charge in [-0.25, -0.2) is 4.98 Å². The van der Waals surface area contributed by atoms with Gasteiger partial charge in [0.1, 0.15) is 5.01 Å². The summed E-state index contributed by atoms with van der Waals surface area (Å²) < 4.78 is 0. The first-order valence-electron chi connectivity index (χ1n) is 5.03. The molecule has 4 nitrogen and oxygen atoms in total. The van der Waals surface area contributed by atoms with Crippen LogP contribution in [0.2, 0.25) is 0 Å². The second-order valence-corrected chi connectivity index (χ2v) is 5.07. The molecule has 17 heavy (non-hydrogen) atoms. The van der Waals surface area contributed by atoms with E-state index in [1.54, 1.807) is 11.3 Å². The number of nitrogens with two attached hydrogens (primary N) is 1. The number of hydrogen-bond donors (Lipinski definition) is 2. The van der Waals surface area contributed by atoms with E-state index >= 15 is 0 Å². The average Bonchev–Trinajstić information content (AvgIpc) is 2.77.